The zero-order valence-electron chi connectivity index (χ0n) is 12.3. The fraction of sp³-hybridized carbons (Fsp3) is 0.412. The Hall–Kier alpha value is -1.61. The van der Waals surface area contributed by atoms with Crippen LogP contribution in [-0.2, 0) is 13.0 Å². The summed E-state index contributed by atoms with van der Waals surface area (Å²) in [5.74, 6) is 2.16. The van der Waals surface area contributed by atoms with Gasteiger partial charge >= 0.3 is 0 Å². The maximum atomic E-state index is 13.0. The summed E-state index contributed by atoms with van der Waals surface area (Å²) in [5.41, 5.74) is 1.10. The summed E-state index contributed by atoms with van der Waals surface area (Å²) in [6, 6.07) is 10.9. The lowest BCUT2D eigenvalue weighted by Gasteiger charge is -2.22. The molecule has 0 aliphatic carbocycles. The second-order valence-corrected chi connectivity index (χ2v) is 5.38. The predicted molar refractivity (Wildman–Crippen MR) is 78.9 cm³/mol. The molecule has 0 aliphatic heterocycles. The first-order valence-corrected chi connectivity index (χ1v) is 7.16. The second-order valence-electron chi connectivity index (χ2n) is 5.38. The zero-order valence-corrected chi connectivity index (χ0v) is 12.3. The van der Waals surface area contributed by atoms with E-state index in [2.05, 4.69) is 26.1 Å². The minimum absolute atomic E-state index is 0.186. The molecule has 1 N–H and O–H groups in total. The number of hydrogen-bond acceptors (Lipinski definition) is 2. The maximum Gasteiger partial charge on any atom is 0.123 e. The topological polar surface area (TPSA) is 25.2 Å². The average molecular weight is 275 g/mol. The highest BCUT2D eigenvalue weighted by molar-refractivity contribution is 5.20. The van der Waals surface area contributed by atoms with Crippen LogP contribution in [0.1, 0.15) is 43.9 Å². The number of hydrogen-bond donors (Lipinski definition) is 1. The Kier molecular flexibility index (Phi) is 4.96. The van der Waals surface area contributed by atoms with Gasteiger partial charge in [0, 0.05) is 12.5 Å². The molecular formula is C17H22FNO. The highest BCUT2D eigenvalue weighted by Gasteiger charge is 2.15. The smallest absolute Gasteiger partial charge is 0.123 e. The molecule has 20 heavy (non-hydrogen) atoms. The fourth-order valence-corrected chi connectivity index (χ4v) is 2.33. The molecule has 3 heteroatoms. The molecule has 0 fully saturated rings. The van der Waals surface area contributed by atoms with Crippen LogP contribution < -0.4 is 5.32 Å². The molecule has 0 saturated heterocycles. The molecule has 108 valence electrons. The molecule has 0 amide bonds. The first-order chi connectivity index (χ1) is 9.60. The van der Waals surface area contributed by atoms with Gasteiger partial charge in [0.2, 0.25) is 0 Å². The summed E-state index contributed by atoms with van der Waals surface area (Å²) in [7, 11) is 0. The van der Waals surface area contributed by atoms with Gasteiger partial charge in [-0.1, -0.05) is 32.9 Å². The van der Waals surface area contributed by atoms with E-state index in [0.717, 1.165) is 23.5 Å². The molecule has 1 aromatic heterocycles. The van der Waals surface area contributed by atoms with Crippen molar-refractivity contribution < 1.29 is 8.81 Å². The minimum Gasteiger partial charge on any atom is -0.465 e. The van der Waals surface area contributed by atoms with Crippen molar-refractivity contribution in [1.82, 2.24) is 5.32 Å². The molecule has 0 radical (unpaired) electrons. The highest BCUT2D eigenvalue weighted by atomic mass is 19.1. The fourth-order valence-electron chi connectivity index (χ4n) is 2.33. The Bertz CT molecular complexity index is 530. The lowest BCUT2D eigenvalue weighted by atomic mass is 9.96. The molecule has 0 spiro atoms. The van der Waals surface area contributed by atoms with E-state index in [1.807, 2.05) is 24.3 Å². The highest BCUT2D eigenvalue weighted by Crippen LogP contribution is 2.22. The number of benzene rings is 1. The van der Waals surface area contributed by atoms with Crippen LogP contribution in [0.5, 0.6) is 0 Å². The molecule has 1 aromatic carbocycles. The average Bonchev–Trinajstić information content (AvgIpc) is 2.88. The predicted octanol–water partition coefficient (Wildman–Crippen LogP) is 4.47. The number of rotatable bonds is 6. The number of halogens is 1. The Morgan fingerprint density at radius 3 is 2.25 bits per heavy atom. The summed E-state index contributed by atoms with van der Waals surface area (Å²) in [5, 5.41) is 3.49. The quantitative estimate of drug-likeness (QED) is 0.841. The van der Waals surface area contributed by atoms with Crippen molar-refractivity contribution in [3.05, 3.63) is 59.3 Å². The Morgan fingerprint density at radius 2 is 1.70 bits per heavy atom. The third-order valence-corrected chi connectivity index (χ3v) is 3.46. The lowest BCUT2D eigenvalue weighted by Crippen LogP contribution is -2.25. The SMILES string of the molecule is CCc1ccc(CNC(c2ccc(F)cc2)C(C)C)o1. The van der Waals surface area contributed by atoms with E-state index in [4.69, 9.17) is 4.42 Å². The van der Waals surface area contributed by atoms with Crippen LogP contribution in [0.25, 0.3) is 0 Å². The monoisotopic (exact) mass is 275 g/mol. The van der Waals surface area contributed by atoms with Gasteiger partial charge in [0.25, 0.3) is 0 Å². The van der Waals surface area contributed by atoms with Gasteiger partial charge in [-0.15, -0.1) is 0 Å². The van der Waals surface area contributed by atoms with Gasteiger partial charge in [-0.05, 0) is 35.7 Å². The van der Waals surface area contributed by atoms with Crippen LogP contribution in [0.15, 0.2) is 40.8 Å². The first kappa shape index (κ1) is 14.8. The van der Waals surface area contributed by atoms with E-state index in [0.29, 0.717) is 12.5 Å². The summed E-state index contributed by atoms with van der Waals surface area (Å²) >= 11 is 0. The van der Waals surface area contributed by atoms with Gasteiger partial charge in [-0.3, -0.25) is 0 Å². The third kappa shape index (κ3) is 3.70. The number of nitrogens with one attached hydrogen (secondary N) is 1. The van der Waals surface area contributed by atoms with Crippen molar-refractivity contribution in [3.8, 4) is 0 Å². The van der Waals surface area contributed by atoms with Crippen molar-refractivity contribution in [2.75, 3.05) is 0 Å². The minimum atomic E-state index is -0.199. The van der Waals surface area contributed by atoms with E-state index in [-0.39, 0.29) is 11.9 Å². The van der Waals surface area contributed by atoms with E-state index in [9.17, 15) is 4.39 Å². The van der Waals surface area contributed by atoms with Gasteiger partial charge in [-0.2, -0.15) is 0 Å². The van der Waals surface area contributed by atoms with Crippen LogP contribution >= 0.6 is 0 Å². The molecule has 2 nitrogen and oxygen atoms in total. The van der Waals surface area contributed by atoms with Crippen molar-refractivity contribution in [1.29, 1.82) is 0 Å². The Balaban J connectivity index is 2.04. The van der Waals surface area contributed by atoms with Crippen LogP contribution in [0.4, 0.5) is 4.39 Å². The van der Waals surface area contributed by atoms with Crippen molar-refractivity contribution in [3.63, 3.8) is 0 Å². The molecular weight excluding hydrogens is 253 g/mol. The summed E-state index contributed by atoms with van der Waals surface area (Å²) in [6.45, 7) is 7.06. The third-order valence-electron chi connectivity index (χ3n) is 3.46. The summed E-state index contributed by atoms with van der Waals surface area (Å²) in [4.78, 5) is 0. The molecule has 2 aromatic rings. The van der Waals surface area contributed by atoms with Gasteiger partial charge < -0.3 is 9.73 Å². The van der Waals surface area contributed by atoms with Crippen molar-refractivity contribution in [2.24, 2.45) is 5.92 Å². The maximum absolute atomic E-state index is 13.0. The Labute approximate surface area is 120 Å². The van der Waals surface area contributed by atoms with Gasteiger partial charge in [0.15, 0.2) is 0 Å². The normalized spacial score (nSPS) is 12.8. The van der Waals surface area contributed by atoms with Crippen LogP contribution in [-0.4, -0.2) is 0 Å². The molecule has 1 unspecified atom stereocenters. The first-order valence-electron chi connectivity index (χ1n) is 7.16. The molecule has 1 heterocycles. The zero-order chi connectivity index (χ0) is 14.5. The van der Waals surface area contributed by atoms with Crippen molar-refractivity contribution >= 4 is 0 Å². The largest absolute Gasteiger partial charge is 0.465 e. The van der Waals surface area contributed by atoms with Crippen LogP contribution in [0.3, 0.4) is 0 Å². The van der Waals surface area contributed by atoms with E-state index >= 15 is 0 Å². The summed E-state index contributed by atoms with van der Waals surface area (Å²) in [6.07, 6.45) is 0.908. The van der Waals surface area contributed by atoms with Crippen molar-refractivity contribution in [2.45, 2.75) is 39.8 Å². The number of aryl methyl sites for hydroxylation is 1. The summed E-state index contributed by atoms with van der Waals surface area (Å²) < 4.78 is 18.7. The molecule has 2 rings (SSSR count). The second kappa shape index (κ2) is 6.71. The molecule has 0 bridgehead atoms. The van der Waals surface area contributed by atoms with Crippen LogP contribution in [0, 0.1) is 11.7 Å². The molecule has 0 aliphatic rings. The number of furan rings is 1. The lowest BCUT2D eigenvalue weighted by molar-refractivity contribution is 0.377. The van der Waals surface area contributed by atoms with Gasteiger partial charge in [-0.25, -0.2) is 4.39 Å². The standard InChI is InChI=1S/C17H22FNO/c1-4-15-9-10-16(20-15)11-19-17(12(2)3)13-5-7-14(18)8-6-13/h5-10,12,17,19H,4,11H2,1-3H3. The van der Waals surface area contributed by atoms with Crippen LogP contribution in [0.2, 0.25) is 0 Å². The van der Waals surface area contributed by atoms with Gasteiger partial charge in [0.05, 0.1) is 6.54 Å². The molecule has 0 saturated carbocycles. The Morgan fingerprint density at radius 1 is 1.05 bits per heavy atom. The van der Waals surface area contributed by atoms with E-state index in [1.165, 1.54) is 12.1 Å². The molecule has 1 atom stereocenters. The van der Waals surface area contributed by atoms with E-state index < -0.39 is 0 Å². The van der Waals surface area contributed by atoms with E-state index in [1.54, 1.807) is 0 Å². The van der Waals surface area contributed by atoms with Gasteiger partial charge in [0.1, 0.15) is 17.3 Å².